The lowest BCUT2D eigenvalue weighted by Crippen LogP contribution is -2.54. The Bertz CT molecular complexity index is 2240. The van der Waals surface area contributed by atoms with Crippen LogP contribution in [0, 0.1) is 35.5 Å². The minimum atomic E-state index is -2.03. The molecule has 1 aliphatic carbocycles. The maximum Gasteiger partial charge on any atom is 0.317 e. The highest BCUT2D eigenvalue weighted by Crippen LogP contribution is 2.39. The Morgan fingerprint density at radius 3 is 1.72 bits per heavy atom. The van der Waals surface area contributed by atoms with Gasteiger partial charge in [0.2, 0.25) is 0 Å². The van der Waals surface area contributed by atoms with Crippen molar-refractivity contribution in [2.45, 2.75) is 154 Å². The minimum absolute atomic E-state index is 0.0717. The van der Waals surface area contributed by atoms with Gasteiger partial charge in [0.25, 0.3) is 0 Å². The van der Waals surface area contributed by atoms with E-state index >= 15 is 5.11 Å². The van der Waals surface area contributed by atoms with E-state index in [1.807, 2.05) is 24.7 Å². The number of ether oxygens (including phenoxy) is 4. The second-order valence-corrected chi connectivity index (χ2v) is 25.0. The zero-order valence-corrected chi connectivity index (χ0v) is 48.1. The van der Waals surface area contributed by atoms with Crippen LogP contribution in [0.15, 0.2) is 110 Å². The molecule has 12 heteroatoms. The van der Waals surface area contributed by atoms with Crippen molar-refractivity contribution in [2.75, 3.05) is 98.3 Å². The highest BCUT2D eigenvalue weighted by atomic mass is 16.9. The number of unbranched alkanes of at least 4 members (excludes halogenated alkanes) is 1. The zero-order valence-electron chi connectivity index (χ0n) is 48.1. The number of rotatable bonds is 27. The number of nitrogens with zero attached hydrogens (tertiary/aromatic N) is 7. The molecular formula is C67H98N7O5. The van der Waals surface area contributed by atoms with Crippen LogP contribution in [0.5, 0.6) is 0 Å². The average molecular weight is 1080 g/mol. The summed E-state index contributed by atoms with van der Waals surface area (Å²) in [5, 5.41) is 16.2. The molecule has 0 spiro atoms. The van der Waals surface area contributed by atoms with Gasteiger partial charge < -0.3 is 28.9 Å². The van der Waals surface area contributed by atoms with Gasteiger partial charge in [-0.3, -0.25) is 24.5 Å². The summed E-state index contributed by atoms with van der Waals surface area (Å²) in [5.74, 6) is -0.484. The van der Waals surface area contributed by atoms with E-state index in [0.717, 1.165) is 180 Å². The molecule has 1 saturated carbocycles. The molecule has 5 saturated heterocycles. The Morgan fingerprint density at radius 1 is 0.481 bits per heavy atom. The number of pyridine rings is 2. The standard InChI is InChI=1S/C67H98N7O5/c75-67(63-33-48-71(49-34-63)39-24-56-16-6-2-7-17-56,77-54-60-25-40-70(41-26-60)38-13-11-18-55-14-4-1-5-15-55)79-66(62-31-44-73(45-32-62)50-57-19-8-3-9-20-57)78-65(61-29-46-74(47-30-61)52-64-21-10-12-35-69-64)76-53-59-27-42-72(43-28-59)51-58-22-36-68-37-23-58/h1-2,4-7,10,12,14-17,21-23,35-37,57,59-63,65-66H,3,8-9,11,13,18-20,24-34,38-54H2. The fourth-order valence-corrected chi connectivity index (χ4v) is 14.0. The minimum Gasteiger partial charge on any atom is -0.352 e. The summed E-state index contributed by atoms with van der Waals surface area (Å²) in [4.78, 5) is 21.9. The van der Waals surface area contributed by atoms with Crippen molar-refractivity contribution in [2.24, 2.45) is 35.5 Å². The van der Waals surface area contributed by atoms with Gasteiger partial charge in [0.15, 0.2) is 12.6 Å². The van der Waals surface area contributed by atoms with Crippen LogP contribution in [0.3, 0.4) is 0 Å². The lowest BCUT2D eigenvalue weighted by molar-refractivity contribution is -0.467. The Balaban J connectivity index is 0.841. The predicted octanol–water partition coefficient (Wildman–Crippen LogP) is 11.4. The summed E-state index contributed by atoms with van der Waals surface area (Å²) in [6, 6.07) is 32.2. The summed E-state index contributed by atoms with van der Waals surface area (Å²) < 4.78 is 29.0. The summed E-state index contributed by atoms with van der Waals surface area (Å²) in [6.45, 7) is 16.1. The van der Waals surface area contributed by atoms with Gasteiger partial charge in [0, 0.05) is 62.5 Å². The smallest absolute Gasteiger partial charge is 0.317 e. The lowest BCUT2D eigenvalue weighted by Gasteiger charge is -2.45. The summed E-state index contributed by atoms with van der Waals surface area (Å²) in [6.07, 6.45) is 25.5. The quantitative estimate of drug-likeness (QED) is 0.0422. The van der Waals surface area contributed by atoms with E-state index in [-0.39, 0.29) is 17.8 Å². The van der Waals surface area contributed by atoms with Crippen molar-refractivity contribution in [3.8, 4) is 0 Å². The van der Waals surface area contributed by atoms with Gasteiger partial charge in [0.1, 0.15) is 0 Å². The molecular weight excluding hydrogens is 983 g/mol. The molecule has 5 aliphatic heterocycles. The van der Waals surface area contributed by atoms with Crippen LogP contribution in [-0.4, -0.2) is 151 Å². The topological polar surface area (TPSA) is 98.8 Å². The van der Waals surface area contributed by atoms with Crippen molar-refractivity contribution in [1.29, 1.82) is 0 Å². The van der Waals surface area contributed by atoms with E-state index in [9.17, 15) is 0 Å². The number of likely N-dealkylation sites (tertiary alicyclic amines) is 5. The molecule has 2 aromatic heterocycles. The van der Waals surface area contributed by atoms with Crippen LogP contribution in [0.25, 0.3) is 0 Å². The third kappa shape index (κ3) is 18.7. The van der Waals surface area contributed by atoms with E-state index in [0.29, 0.717) is 25.0 Å². The van der Waals surface area contributed by atoms with E-state index in [1.165, 1.54) is 68.2 Å². The number of piperidine rings is 5. The van der Waals surface area contributed by atoms with Gasteiger partial charge in [-0.1, -0.05) is 86.0 Å². The summed E-state index contributed by atoms with van der Waals surface area (Å²) >= 11 is 0. The van der Waals surface area contributed by atoms with Gasteiger partial charge in [-0.25, -0.2) is 0 Å². The van der Waals surface area contributed by atoms with Gasteiger partial charge >= 0.3 is 5.97 Å². The van der Waals surface area contributed by atoms with Crippen LogP contribution in [0.4, 0.5) is 0 Å². The Kier molecular flexibility index (Phi) is 23.1. The van der Waals surface area contributed by atoms with Gasteiger partial charge in [-0.2, -0.15) is 5.11 Å². The van der Waals surface area contributed by atoms with E-state index in [1.54, 1.807) is 0 Å². The van der Waals surface area contributed by atoms with Crippen molar-refractivity contribution < 1.29 is 24.1 Å². The maximum absolute atomic E-state index is 16.2. The molecule has 6 aliphatic rings. The van der Waals surface area contributed by atoms with E-state index < -0.39 is 18.6 Å². The molecule has 0 N–H and O–H groups in total. The number of hydrogen-bond acceptors (Lipinski definition) is 11. The van der Waals surface area contributed by atoms with Gasteiger partial charge in [-0.15, -0.1) is 0 Å². The van der Waals surface area contributed by atoms with Crippen LogP contribution in [0.2, 0.25) is 0 Å². The second-order valence-electron chi connectivity index (χ2n) is 25.0. The molecule has 2 aromatic carbocycles. The highest BCUT2D eigenvalue weighted by Gasteiger charge is 2.48. The molecule has 3 atom stereocenters. The fourth-order valence-electron chi connectivity index (χ4n) is 14.0. The molecule has 4 aromatic rings. The maximum atomic E-state index is 16.2. The summed E-state index contributed by atoms with van der Waals surface area (Å²) in [5.41, 5.74) is 5.21. The molecule has 12 nitrogen and oxygen atoms in total. The number of aromatic nitrogens is 2. The van der Waals surface area contributed by atoms with E-state index in [4.69, 9.17) is 18.9 Å². The van der Waals surface area contributed by atoms with E-state index in [2.05, 4.69) is 119 Å². The molecule has 79 heavy (non-hydrogen) atoms. The molecule has 7 heterocycles. The van der Waals surface area contributed by atoms with Crippen molar-refractivity contribution in [3.05, 3.63) is 132 Å². The third-order valence-electron chi connectivity index (χ3n) is 19.2. The molecule has 0 bridgehead atoms. The molecule has 0 amide bonds. The van der Waals surface area contributed by atoms with Gasteiger partial charge in [0.05, 0.1) is 18.9 Å². The number of benzene rings is 2. The van der Waals surface area contributed by atoms with Crippen LogP contribution >= 0.6 is 0 Å². The van der Waals surface area contributed by atoms with Crippen LogP contribution < -0.4 is 0 Å². The summed E-state index contributed by atoms with van der Waals surface area (Å²) in [7, 11) is 0. The van der Waals surface area contributed by atoms with Crippen molar-refractivity contribution in [1.82, 2.24) is 34.5 Å². The molecule has 6 fully saturated rings. The molecule has 10 rings (SSSR count). The molecule has 1 radical (unpaired) electrons. The normalized spacial score (nSPS) is 22.9. The van der Waals surface area contributed by atoms with Crippen molar-refractivity contribution >= 4 is 0 Å². The first-order valence-electron chi connectivity index (χ1n) is 31.7. The predicted molar refractivity (Wildman–Crippen MR) is 313 cm³/mol. The Morgan fingerprint density at radius 2 is 1.05 bits per heavy atom. The van der Waals surface area contributed by atoms with Crippen LogP contribution in [-0.2, 0) is 50.0 Å². The first kappa shape index (κ1) is 58.5. The SMILES string of the molecule is [O]C(OCC1CCN(CCCCc2ccccc2)CC1)(OC(OC(OCC1CCN(Cc2ccncc2)CC1)C1CCN(Cc2ccccn2)CC1)C1CCN(CC2CCCCC2)CC1)C1CCN(CCc2ccccc2)CC1. The average Bonchev–Trinajstić information content (AvgIpc) is 3.51. The Labute approximate surface area is 475 Å². The second kappa shape index (κ2) is 31.1. The zero-order chi connectivity index (χ0) is 53.7. The lowest BCUT2D eigenvalue weighted by atomic mass is 9.87. The first-order chi connectivity index (χ1) is 38.9. The first-order valence-corrected chi connectivity index (χ1v) is 31.7. The Hall–Kier alpha value is -3.66. The largest absolute Gasteiger partial charge is 0.352 e. The monoisotopic (exact) mass is 1080 g/mol. The fraction of sp³-hybridized carbons (Fsp3) is 0.672. The molecule has 431 valence electrons. The third-order valence-corrected chi connectivity index (χ3v) is 19.2. The van der Waals surface area contributed by atoms with Gasteiger partial charge in [-0.05, 0) is 233 Å². The number of aryl methyl sites for hydroxylation is 1. The number of hydrogen-bond donors (Lipinski definition) is 0. The highest BCUT2D eigenvalue weighted by molar-refractivity contribution is 5.16. The molecule has 3 unspecified atom stereocenters. The van der Waals surface area contributed by atoms with Crippen molar-refractivity contribution in [3.63, 3.8) is 0 Å². The van der Waals surface area contributed by atoms with Crippen LogP contribution in [0.1, 0.15) is 132 Å².